The van der Waals surface area contributed by atoms with E-state index in [1.54, 1.807) is 20.4 Å². The van der Waals surface area contributed by atoms with Gasteiger partial charge >= 0.3 is 0 Å². The fourth-order valence-electron chi connectivity index (χ4n) is 1.68. The molecule has 102 valence electrons. The van der Waals surface area contributed by atoms with Crippen LogP contribution in [0.25, 0.3) is 0 Å². The molecule has 0 fully saturated rings. The maximum Gasteiger partial charge on any atom is 0.203 e. The molecule has 1 heterocycles. The van der Waals surface area contributed by atoms with Crippen LogP contribution in [0.2, 0.25) is 0 Å². The number of nitrogens with one attached hydrogen (secondary N) is 1. The first-order chi connectivity index (χ1) is 9.28. The first-order valence-electron chi connectivity index (χ1n) is 5.85. The number of hydrogen-bond donors (Lipinski definition) is 2. The molecular weight excluding hydrogens is 246 g/mol. The van der Waals surface area contributed by atoms with Crippen LogP contribution in [0.1, 0.15) is 11.5 Å². The minimum absolute atomic E-state index is 0.288. The lowest BCUT2D eigenvalue weighted by molar-refractivity contribution is 0.260. The topological polar surface area (TPSA) is 82.4 Å². The number of aromatic amines is 1. The Labute approximate surface area is 111 Å². The summed E-state index contributed by atoms with van der Waals surface area (Å²) in [6.07, 6.45) is 1.69. The fourth-order valence-corrected chi connectivity index (χ4v) is 1.68. The normalized spacial score (nSPS) is 10.3. The number of nitrogens with zero attached hydrogens (tertiary/aromatic N) is 1. The van der Waals surface area contributed by atoms with Gasteiger partial charge in [-0.1, -0.05) is 6.07 Å². The molecule has 6 nitrogen and oxygen atoms in total. The standard InChI is InChI=1S/C13H17N3O3/c1-17-10-4-3-5-11(18-2)13(10)19-8-12-15-7-9(6-14)16-12/h3-5,7H,6,8,14H2,1-2H3,(H,15,16). The number of H-pyrrole nitrogens is 1. The van der Waals surface area contributed by atoms with Crippen LogP contribution in [0.15, 0.2) is 24.4 Å². The van der Waals surface area contributed by atoms with Crippen molar-refractivity contribution in [3.05, 3.63) is 35.9 Å². The number of hydrogen-bond acceptors (Lipinski definition) is 5. The SMILES string of the molecule is COc1cccc(OC)c1OCc1ncc(CN)[nH]1. The Hall–Kier alpha value is -2.21. The predicted octanol–water partition coefficient (Wildman–Crippen LogP) is 1.46. The van der Waals surface area contributed by atoms with Crippen molar-refractivity contribution in [1.82, 2.24) is 9.97 Å². The quantitative estimate of drug-likeness (QED) is 0.824. The highest BCUT2D eigenvalue weighted by Crippen LogP contribution is 2.37. The lowest BCUT2D eigenvalue weighted by atomic mass is 10.3. The van der Waals surface area contributed by atoms with E-state index in [0.717, 1.165) is 5.69 Å². The van der Waals surface area contributed by atoms with E-state index in [-0.39, 0.29) is 6.61 Å². The molecule has 0 amide bonds. The minimum atomic E-state index is 0.288. The lowest BCUT2D eigenvalue weighted by Gasteiger charge is -2.13. The third-order valence-electron chi connectivity index (χ3n) is 2.64. The van der Waals surface area contributed by atoms with E-state index in [0.29, 0.717) is 29.6 Å². The van der Waals surface area contributed by atoms with E-state index in [9.17, 15) is 0 Å². The number of nitrogens with two attached hydrogens (primary N) is 1. The number of aromatic nitrogens is 2. The van der Waals surface area contributed by atoms with Crippen molar-refractivity contribution in [1.29, 1.82) is 0 Å². The zero-order chi connectivity index (χ0) is 13.7. The van der Waals surface area contributed by atoms with Gasteiger partial charge in [0, 0.05) is 18.4 Å². The number of rotatable bonds is 6. The predicted molar refractivity (Wildman–Crippen MR) is 70.4 cm³/mol. The van der Waals surface area contributed by atoms with Crippen LogP contribution < -0.4 is 19.9 Å². The molecule has 0 aliphatic carbocycles. The summed E-state index contributed by atoms with van der Waals surface area (Å²) in [7, 11) is 3.17. The molecule has 6 heteroatoms. The van der Waals surface area contributed by atoms with Gasteiger partial charge in [0.2, 0.25) is 5.75 Å². The van der Waals surface area contributed by atoms with Gasteiger partial charge in [-0.15, -0.1) is 0 Å². The van der Waals surface area contributed by atoms with Crippen molar-refractivity contribution in [2.45, 2.75) is 13.2 Å². The number of para-hydroxylation sites is 1. The van der Waals surface area contributed by atoms with Gasteiger partial charge in [-0.05, 0) is 12.1 Å². The van der Waals surface area contributed by atoms with Crippen LogP contribution in [-0.2, 0) is 13.2 Å². The highest BCUT2D eigenvalue weighted by molar-refractivity contribution is 5.51. The number of ether oxygens (including phenoxy) is 3. The average molecular weight is 263 g/mol. The molecule has 0 saturated carbocycles. The molecule has 3 N–H and O–H groups in total. The Bertz CT molecular complexity index is 517. The Morgan fingerprint density at radius 1 is 1.21 bits per heavy atom. The molecule has 0 unspecified atom stereocenters. The first-order valence-corrected chi connectivity index (χ1v) is 5.85. The zero-order valence-corrected chi connectivity index (χ0v) is 11.0. The van der Waals surface area contributed by atoms with Crippen molar-refractivity contribution in [2.75, 3.05) is 14.2 Å². The molecule has 0 aliphatic rings. The average Bonchev–Trinajstić information content (AvgIpc) is 2.92. The molecule has 0 aliphatic heterocycles. The van der Waals surface area contributed by atoms with Crippen molar-refractivity contribution in [2.24, 2.45) is 5.73 Å². The molecule has 1 aromatic heterocycles. The molecule has 1 aromatic carbocycles. The Balaban J connectivity index is 2.13. The van der Waals surface area contributed by atoms with Gasteiger partial charge in [0.05, 0.1) is 14.2 Å². The van der Waals surface area contributed by atoms with Crippen LogP contribution in [0.5, 0.6) is 17.2 Å². The summed E-state index contributed by atoms with van der Waals surface area (Å²) >= 11 is 0. The Morgan fingerprint density at radius 2 is 1.89 bits per heavy atom. The van der Waals surface area contributed by atoms with Crippen molar-refractivity contribution in [3.8, 4) is 17.2 Å². The van der Waals surface area contributed by atoms with E-state index in [2.05, 4.69) is 9.97 Å². The Kier molecular flexibility index (Phi) is 4.25. The van der Waals surface area contributed by atoms with E-state index in [4.69, 9.17) is 19.9 Å². The monoisotopic (exact) mass is 263 g/mol. The zero-order valence-electron chi connectivity index (χ0n) is 11.0. The summed E-state index contributed by atoms with van der Waals surface area (Å²) < 4.78 is 16.2. The summed E-state index contributed by atoms with van der Waals surface area (Å²) in [5.74, 6) is 2.49. The van der Waals surface area contributed by atoms with Gasteiger partial charge in [-0.3, -0.25) is 0 Å². The van der Waals surface area contributed by atoms with Crippen molar-refractivity contribution in [3.63, 3.8) is 0 Å². The molecule has 0 spiro atoms. The van der Waals surface area contributed by atoms with E-state index < -0.39 is 0 Å². The molecule has 2 aromatic rings. The second kappa shape index (κ2) is 6.10. The number of methoxy groups -OCH3 is 2. The molecular formula is C13H17N3O3. The van der Waals surface area contributed by atoms with Gasteiger partial charge in [-0.2, -0.15) is 0 Å². The molecule has 2 rings (SSSR count). The minimum Gasteiger partial charge on any atom is -0.493 e. The largest absolute Gasteiger partial charge is 0.493 e. The summed E-state index contributed by atoms with van der Waals surface area (Å²) in [5.41, 5.74) is 6.38. The smallest absolute Gasteiger partial charge is 0.203 e. The summed E-state index contributed by atoms with van der Waals surface area (Å²) in [5, 5.41) is 0. The van der Waals surface area contributed by atoms with Gasteiger partial charge < -0.3 is 24.9 Å². The molecule has 19 heavy (non-hydrogen) atoms. The van der Waals surface area contributed by atoms with Gasteiger partial charge in [0.1, 0.15) is 12.4 Å². The van der Waals surface area contributed by atoms with Crippen LogP contribution in [-0.4, -0.2) is 24.2 Å². The fraction of sp³-hybridized carbons (Fsp3) is 0.308. The van der Waals surface area contributed by atoms with Crippen LogP contribution in [0.3, 0.4) is 0 Å². The lowest BCUT2D eigenvalue weighted by Crippen LogP contribution is -2.02. The second-order valence-electron chi connectivity index (χ2n) is 3.84. The third kappa shape index (κ3) is 2.97. The van der Waals surface area contributed by atoms with Crippen LogP contribution in [0, 0.1) is 0 Å². The third-order valence-corrected chi connectivity index (χ3v) is 2.64. The van der Waals surface area contributed by atoms with E-state index >= 15 is 0 Å². The van der Waals surface area contributed by atoms with E-state index in [1.165, 1.54) is 0 Å². The first kappa shape index (κ1) is 13.2. The summed E-state index contributed by atoms with van der Waals surface area (Å²) in [6.45, 7) is 0.710. The molecule has 0 saturated heterocycles. The van der Waals surface area contributed by atoms with E-state index in [1.807, 2.05) is 18.2 Å². The summed E-state index contributed by atoms with van der Waals surface area (Å²) in [4.78, 5) is 7.24. The van der Waals surface area contributed by atoms with Crippen molar-refractivity contribution < 1.29 is 14.2 Å². The molecule has 0 radical (unpaired) electrons. The van der Waals surface area contributed by atoms with Gasteiger partial charge in [0.15, 0.2) is 11.5 Å². The highest BCUT2D eigenvalue weighted by Gasteiger charge is 2.12. The van der Waals surface area contributed by atoms with Crippen LogP contribution in [0.4, 0.5) is 0 Å². The van der Waals surface area contributed by atoms with Crippen molar-refractivity contribution >= 4 is 0 Å². The summed E-state index contributed by atoms with van der Waals surface area (Å²) in [6, 6.07) is 5.46. The van der Waals surface area contributed by atoms with Crippen LogP contribution >= 0.6 is 0 Å². The van der Waals surface area contributed by atoms with Gasteiger partial charge in [0.25, 0.3) is 0 Å². The second-order valence-corrected chi connectivity index (χ2v) is 3.84. The number of imidazole rings is 1. The molecule has 0 bridgehead atoms. The maximum atomic E-state index is 5.71. The molecule has 0 atom stereocenters. The Morgan fingerprint density at radius 3 is 2.42 bits per heavy atom. The maximum absolute atomic E-state index is 5.71. The highest BCUT2D eigenvalue weighted by atomic mass is 16.5. The number of benzene rings is 1. The van der Waals surface area contributed by atoms with Gasteiger partial charge in [-0.25, -0.2) is 4.98 Å².